The van der Waals surface area contributed by atoms with Gasteiger partial charge in [0.05, 0.1) is 28.6 Å². The summed E-state index contributed by atoms with van der Waals surface area (Å²) in [6, 6.07) is 9.39. The summed E-state index contributed by atoms with van der Waals surface area (Å²) >= 11 is 0. The van der Waals surface area contributed by atoms with Crippen molar-refractivity contribution in [2.24, 2.45) is 5.92 Å². The van der Waals surface area contributed by atoms with Gasteiger partial charge in [0.1, 0.15) is 0 Å². The molecule has 9 heteroatoms. The fourth-order valence-electron chi connectivity index (χ4n) is 4.98. The van der Waals surface area contributed by atoms with Crippen LogP contribution >= 0.6 is 0 Å². The Morgan fingerprint density at radius 2 is 1.91 bits per heavy atom. The quantitative estimate of drug-likeness (QED) is 0.587. The number of aryl methyl sites for hydroxylation is 3. The molecule has 6 nitrogen and oxygen atoms in total. The van der Waals surface area contributed by atoms with E-state index in [2.05, 4.69) is 15.5 Å². The van der Waals surface area contributed by atoms with Crippen LogP contribution in [-0.2, 0) is 38.9 Å². The second-order valence-electron chi connectivity index (χ2n) is 9.16. The largest absolute Gasteiger partial charge is 0.392 e. The Kier molecular flexibility index (Phi) is 5.95. The fraction of sp³-hybridized carbons (Fsp3) is 0.480. The van der Waals surface area contributed by atoms with Crippen LogP contribution in [0.15, 0.2) is 30.3 Å². The van der Waals surface area contributed by atoms with Crippen LogP contribution in [0.25, 0.3) is 11.3 Å². The monoisotopic (exact) mass is 471 g/mol. The maximum Gasteiger partial charge on any atom is 0.392 e. The van der Waals surface area contributed by atoms with E-state index in [-0.39, 0.29) is 25.3 Å². The maximum atomic E-state index is 13.1. The first kappa shape index (κ1) is 22.7. The molecule has 2 aliphatic heterocycles. The van der Waals surface area contributed by atoms with E-state index in [9.17, 15) is 18.0 Å². The molecule has 0 fully saturated rings. The highest BCUT2D eigenvalue weighted by atomic mass is 19.4. The van der Waals surface area contributed by atoms with E-state index in [1.165, 1.54) is 0 Å². The van der Waals surface area contributed by atoms with E-state index in [1.807, 2.05) is 35.9 Å². The summed E-state index contributed by atoms with van der Waals surface area (Å²) in [5.41, 5.74) is 5.69. The molecule has 0 saturated heterocycles. The molecule has 2 aromatic heterocycles. The molecule has 1 N–H and O–H groups in total. The van der Waals surface area contributed by atoms with Gasteiger partial charge in [-0.1, -0.05) is 31.2 Å². The van der Waals surface area contributed by atoms with E-state index in [0.29, 0.717) is 17.9 Å². The highest BCUT2D eigenvalue weighted by molar-refractivity contribution is 5.96. The minimum atomic E-state index is -4.17. The number of alkyl halides is 3. The van der Waals surface area contributed by atoms with E-state index < -0.39 is 12.1 Å². The second-order valence-corrected chi connectivity index (χ2v) is 9.16. The third-order valence-electron chi connectivity index (χ3n) is 6.90. The highest BCUT2D eigenvalue weighted by Crippen LogP contribution is 2.36. The van der Waals surface area contributed by atoms with Crippen molar-refractivity contribution in [2.45, 2.75) is 71.3 Å². The number of halogens is 3. The average Bonchev–Trinajstić information content (AvgIpc) is 3.43. The summed E-state index contributed by atoms with van der Waals surface area (Å²) in [5, 5.41) is 12.2. The molecule has 5 rings (SSSR count). The third kappa shape index (κ3) is 4.35. The number of aromatic nitrogens is 4. The van der Waals surface area contributed by atoms with Crippen molar-refractivity contribution in [1.82, 2.24) is 24.9 Å². The lowest BCUT2D eigenvalue weighted by Crippen LogP contribution is -2.31. The molecule has 1 amide bonds. The van der Waals surface area contributed by atoms with E-state index in [1.54, 1.807) is 10.7 Å². The van der Waals surface area contributed by atoms with Crippen molar-refractivity contribution in [3.63, 3.8) is 0 Å². The van der Waals surface area contributed by atoms with Gasteiger partial charge in [0.2, 0.25) is 0 Å². The maximum absolute atomic E-state index is 13.1. The summed E-state index contributed by atoms with van der Waals surface area (Å²) in [5.74, 6) is -1.39. The molecular weight excluding hydrogens is 443 g/mol. The lowest BCUT2D eigenvalue weighted by molar-refractivity contribution is -0.179. The first-order valence-corrected chi connectivity index (χ1v) is 11.9. The van der Waals surface area contributed by atoms with Crippen LogP contribution < -0.4 is 5.32 Å². The predicted octanol–water partition coefficient (Wildman–Crippen LogP) is 4.70. The van der Waals surface area contributed by atoms with Crippen LogP contribution in [-0.4, -0.2) is 31.6 Å². The van der Waals surface area contributed by atoms with Gasteiger partial charge in [-0.25, -0.2) is 0 Å². The number of hydrogen-bond acceptors (Lipinski definition) is 3. The molecule has 1 atom stereocenters. The van der Waals surface area contributed by atoms with Gasteiger partial charge < -0.3 is 5.32 Å². The van der Waals surface area contributed by atoms with Gasteiger partial charge in [0.15, 0.2) is 0 Å². The van der Waals surface area contributed by atoms with E-state index in [0.717, 1.165) is 60.3 Å². The SMILES string of the molecule is CCc1nn2c(c1C(=O)NCc1ccc(-c3cc4n(n3)CCC(C(F)(F)F)C4)cc1)CCCC2. The minimum absolute atomic E-state index is 0.0288. The van der Waals surface area contributed by atoms with Crippen molar-refractivity contribution >= 4 is 5.91 Å². The zero-order valence-corrected chi connectivity index (χ0v) is 19.2. The Hall–Kier alpha value is -3.10. The molecule has 0 saturated carbocycles. The minimum Gasteiger partial charge on any atom is -0.348 e. The van der Waals surface area contributed by atoms with Gasteiger partial charge in [0.25, 0.3) is 5.91 Å². The molecule has 0 radical (unpaired) electrons. The molecule has 0 spiro atoms. The topological polar surface area (TPSA) is 64.7 Å². The molecular formula is C25H28F3N5O. The smallest absolute Gasteiger partial charge is 0.348 e. The van der Waals surface area contributed by atoms with Crippen LogP contribution in [0.5, 0.6) is 0 Å². The Labute approximate surface area is 196 Å². The summed E-state index contributed by atoms with van der Waals surface area (Å²) in [4.78, 5) is 13.0. The van der Waals surface area contributed by atoms with Crippen LogP contribution in [0.4, 0.5) is 13.2 Å². The molecule has 0 bridgehead atoms. The van der Waals surface area contributed by atoms with Gasteiger partial charge in [-0.15, -0.1) is 0 Å². The van der Waals surface area contributed by atoms with Crippen molar-refractivity contribution in [1.29, 1.82) is 0 Å². The number of carbonyl (C=O) groups is 1. The molecule has 2 aliphatic rings. The summed E-state index contributed by atoms with van der Waals surface area (Å²) in [6.45, 7) is 3.55. The van der Waals surface area contributed by atoms with Crippen molar-refractivity contribution in [3.05, 3.63) is 58.5 Å². The van der Waals surface area contributed by atoms with Crippen molar-refractivity contribution in [3.8, 4) is 11.3 Å². The van der Waals surface area contributed by atoms with Crippen molar-refractivity contribution in [2.75, 3.05) is 0 Å². The van der Waals surface area contributed by atoms with Gasteiger partial charge in [-0.2, -0.15) is 23.4 Å². The number of rotatable bonds is 5. The Morgan fingerprint density at radius 1 is 1.12 bits per heavy atom. The van der Waals surface area contributed by atoms with Crippen LogP contribution in [0, 0.1) is 5.92 Å². The molecule has 3 aromatic rings. The highest BCUT2D eigenvalue weighted by Gasteiger charge is 2.41. The summed E-state index contributed by atoms with van der Waals surface area (Å²) in [6.07, 6.45) is -0.372. The zero-order chi connectivity index (χ0) is 23.9. The first-order chi connectivity index (χ1) is 16.3. The number of nitrogens with zero attached hydrogens (tertiary/aromatic N) is 4. The van der Waals surface area contributed by atoms with Gasteiger partial charge in [-0.3, -0.25) is 14.2 Å². The number of amides is 1. The number of hydrogen-bond donors (Lipinski definition) is 1. The standard InChI is InChI=1S/C25H28F3N5O/c1-2-20-23(22-5-3-4-11-33(22)30-20)24(34)29-15-16-6-8-17(9-7-16)21-14-19-13-18(25(26,27)28)10-12-32(19)31-21/h6-9,14,18H,2-5,10-13,15H2,1H3,(H,29,34). The van der Waals surface area contributed by atoms with Crippen molar-refractivity contribution < 1.29 is 18.0 Å². The fourth-order valence-corrected chi connectivity index (χ4v) is 4.98. The van der Waals surface area contributed by atoms with Crippen LogP contribution in [0.3, 0.4) is 0 Å². The lowest BCUT2D eigenvalue weighted by Gasteiger charge is -2.25. The number of fused-ring (bicyclic) bond motifs is 2. The van der Waals surface area contributed by atoms with Gasteiger partial charge >= 0.3 is 6.18 Å². The molecule has 4 heterocycles. The summed E-state index contributed by atoms with van der Waals surface area (Å²) in [7, 11) is 0. The predicted molar refractivity (Wildman–Crippen MR) is 121 cm³/mol. The van der Waals surface area contributed by atoms with Gasteiger partial charge in [0, 0.05) is 37.3 Å². The Morgan fingerprint density at radius 3 is 2.65 bits per heavy atom. The van der Waals surface area contributed by atoms with Crippen LogP contribution in [0.1, 0.15) is 59.2 Å². The molecule has 1 unspecified atom stereocenters. The van der Waals surface area contributed by atoms with E-state index >= 15 is 0 Å². The molecule has 180 valence electrons. The Balaban J connectivity index is 1.25. The zero-order valence-electron chi connectivity index (χ0n) is 19.2. The molecule has 0 aliphatic carbocycles. The number of carbonyl (C=O) groups excluding carboxylic acids is 1. The van der Waals surface area contributed by atoms with E-state index in [4.69, 9.17) is 0 Å². The first-order valence-electron chi connectivity index (χ1n) is 11.9. The second kappa shape index (κ2) is 8.92. The molecule has 34 heavy (non-hydrogen) atoms. The number of benzene rings is 1. The average molecular weight is 472 g/mol. The lowest BCUT2D eigenvalue weighted by atomic mass is 9.95. The Bertz CT molecular complexity index is 1190. The third-order valence-corrected chi connectivity index (χ3v) is 6.90. The summed E-state index contributed by atoms with van der Waals surface area (Å²) < 4.78 is 42.9. The normalized spacial score (nSPS) is 17.8. The van der Waals surface area contributed by atoms with Gasteiger partial charge in [-0.05, 0) is 43.7 Å². The number of nitrogens with one attached hydrogen (secondary N) is 1. The molecule has 1 aromatic carbocycles. The van der Waals surface area contributed by atoms with Crippen LogP contribution in [0.2, 0.25) is 0 Å².